The van der Waals surface area contributed by atoms with Crippen molar-refractivity contribution in [3.8, 4) is 0 Å². The van der Waals surface area contributed by atoms with Gasteiger partial charge in [-0.25, -0.2) is 13.1 Å². The Bertz CT molecular complexity index is 1510. The van der Waals surface area contributed by atoms with Crippen LogP contribution in [0.15, 0.2) is 41.3 Å². The molecule has 2 aromatic carbocycles. The van der Waals surface area contributed by atoms with Gasteiger partial charge in [-0.1, -0.05) is 42.3 Å². The maximum absolute atomic E-state index is 13.1. The highest BCUT2D eigenvalue weighted by atomic mass is 35.5. The summed E-state index contributed by atoms with van der Waals surface area (Å²) >= 11 is 12.9. The van der Waals surface area contributed by atoms with Crippen LogP contribution in [0.4, 0.5) is 0 Å². The minimum absolute atomic E-state index is 0.0261. The highest BCUT2D eigenvalue weighted by Crippen LogP contribution is 2.39. The second-order valence-electron chi connectivity index (χ2n) is 11.5. The van der Waals surface area contributed by atoms with E-state index in [0.717, 1.165) is 23.2 Å². The molecule has 1 aliphatic rings. The average Bonchev–Trinajstić information content (AvgIpc) is 3.12. The lowest BCUT2D eigenvalue weighted by atomic mass is 9.84. The largest absolute Gasteiger partial charge is 0.394 e. The van der Waals surface area contributed by atoms with E-state index in [9.17, 15) is 28.2 Å². The lowest BCUT2D eigenvalue weighted by Crippen LogP contribution is -2.50. The molecule has 1 heterocycles. The third kappa shape index (κ3) is 14.1. The van der Waals surface area contributed by atoms with Crippen molar-refractivity contribution in [2.75, 3.05) is 92.2 Å². The number of fused-ring (bicyclic) bond motifs is 1. The molecular formula is C33H48Cl2N4O11S. The summed E-state index contributed by atoms with van der Waals surface area (Å²) in [7, 11) is -3.80. The molecule has 3 atom stereocenters. The van der Waals surface area contributed by atoms with E-state index < -0.39 is 34.0 Å². The lowest BCUT2D eigenvalue weighted by Gasteiger charge is -2.35. The number of aliphatic hydroxyl groups is 3. The summed E-state index contributed by atoms with van der Waals surface area (Å²) in [6.45, 7) is 5.64. The van der Waals surface area contributed by atoms with E-state index in [4.69, 9.17) is 47.3 Å². The van der Waals surface area contributed by atoms with E-state index in [1.807, 2.05) is 12.1 Å². The van der Waals surface area contributed by atoms with Crippen molar-refractivity contribution >= 4 is 45.0 Å². The normalized spacial score (nSPS) is 16.0. The third-order valence-corrected chi connectivity index (χ3v) is 9.87. The first-order valence-electron chi connectivity index (χ1n) is 16.6. The van der Waals surface area contributed by atoms with Crippen molar-refractivity contribution < 1.29 is 52.3 Å². The Labute approximate surface area is 308 Å². The number of hydrogen-bond donors (Lipinski definition) is 6. The molecule has 0 aromatic heterocycles. The fraction of sp³-hybridized carbons (Fsp3) is 0.576. The van der Waals surface area contributed by atoms with Gasteiger partial charge in [0.15, 0.2) is 12.2 Å². The summed E-state index contributed by atoms with van der Waals surface area (Å²) < 4.78 is 49.9. The number of benzene rings is 2. The molecule has 0 radical (unpaired) electrons. The maximum atomic E-state index is 13.1. The molecule has 6 N–H and O–H groups in total. The average molecular weight is 780 g/mol. The van der Waals surface area contributed by atoms with Crippen LogP contribution in [0.2, 0.25) is 10.0 Å². The number of hydrogen-bond acceptors (Lipinski definition) is 12. The van der Waals surface area contributed by atoms with E-state index in [0.29, 0.717) is 23.1 Å². The molecular weight excluding hydrogens is 731 g/mol. The van der Waals surface area contributed by atoms with Crippen molar-refractivity contribution in [2.45, 2.75) is 36.5 Å². The molecule has 0 bridgehead atoms. The minimum atomic E-state index is -3.80. The Morgan fingerprint density at radius 1 is 0.863 bits per heavy atom. The van der Waals surface area contributed by atoms with Crippen LogP contribution in [0.5, 0.6) is 0 Å². The van der Waals surface area contributed by atoms with Gasteiger partial charge in [0.05, 0.1) is 64.4 Å². The fourth-order valence-electron chi connectivity index (χ4n) is 5.20. The third-order valence-electron chi connectivity index (χ3n) is 7.86. The highest BCUT2D eigenvalue weighted by molar-refractivity contribution is 7.89. The number of ether oxygens (including phenoxy) is 4. The summed E-state index contributed by atoms with van der Waals surface area (Å²) in [6, 6.07) is 10.5. The molecule has 0 spiro atoms. The van der Waals surface area contributed by atoms with Gasteiger partial charge in [0.25, 0.3) is 11.8 Å². The van der Waals surface area contributed by atoms with Crippen molar-refractivity contribution in [3.05, 3.63) is 63.1 Å². The number of carbonyl (C=O) groups excluding carboxylic acids is 2. The Morgan fingerprint density at radius 2 is 1.43 bits per heavy atom. The van der Waals surface area contributed by atoms with Crippen LogP contribution in [0.25, 0.3) is 0 Å². The summed E-state index contributed by atoms with van der Waals surface area (Å²) in [5.74, 6) is -1.97. The molecule has 0 saturated heterocycles. The standard InChI is InChI=1S/C33H48Cl2N4O11S/c1-2-39-21-27(26-19-24(34)20-29(35)28(26)22-39)23-4-3-5-25(18-23)51(45,46)38-8-12-49-15-17-50-16-14-48-11-7-37-33(44)31(42)30(41)32(43)36-6-10-47-13-9-40/h3-5,18-20,27,30-31,38,40-42H,2,6-17,21-22H2,1H3,(H,36,43)(H,37,44). The van der Waals surface area contributed by atoms with Crippen molar-refractivity contribution in [1.82, 2.24) is 20.3 Å². The summed E-state index contributed by atoms with van der Waals surface area (Å²) in [5, 5.41) is 34.1. The minimum Gasteiger partial charge on any atom is -0.394 e. The zero-order chi connectivity index (χ0) is 37.2. The van der Waals surface area contributed by atoms with E-state index in [1.165, 1.54) is 0 Å². The molecule has 286 valence electrons. The van der Waals surface area contributed by atoms with Crippen molar-refractivity contribution in [2.24, 2.45) is 0 Å². The predicted molar refractivity (Wildman–Crippen MR) is 189 cm³/mol. The molecule has 2 aromatic rings. The SMILES string of the molecule is CCN1Cc2c(Cl)cc(Cl)cc2C(c2cccc(S(=O)(=O)NCCOCCOCCOCCNC(=O)C(O)C(O)C(=O)NCCOCCO)c2)C1. The number of carbonyl (C=O) groups is 2. The monoisotopic (exact) mass is 778 g/mol. The molecule has 3 unspecified atom stereocenters. The zero-order valence-electron chi connectivity index (χ0n) is 28.5. The van der Waals surface area contributed by atoms with E-state index >= 15 is 0 Å². The number of amides is 2. The van der Waals surface area contributed by atoms with Crippen LogP contribution in [-0.4, -0.2) is 145 Å². The first-order valence-corrected chi connectivity index (χ1v) is 18.9. The van der Waals surface area contributed by atoms with Crippen molar-refractivity contribution in [3.63, 3.8) is 0 Å². The van der Waals surface area contributed by atoms with Crippen LogP contribution < -0.4 is 15.4 Å². The smallest absolute Gasteiger partial charge is 0.252 e. The Hall–Kier alpha value is -2.45. The summed E-state index contributed by atoms with van der Waals surface area (Å²) in [5.41, 5.74) is 2.86. The number of sulfonamides is 1. The quantitative estimate of drug-likeness (QED) is 0.0795. The highest BCUT2D eigenvalue weighted by Gasteiger charge is 2.30. The van der Waals surface area contributed by atoms with Gasteiger partial charge in [-0.2, -0.15) is 0 Å². The molecule has 18 heteroatoms. The molecule has 0 fully saturated rings. The Morgan fingerprint density at radius 3 is 2.02 bits per heavy atom. The van der Waals surface area contributed by atoms with Crippen LogP contribution in [0.3, 0.4) is 0 Å². The predicted octanol–water partition coefficient (Wildman–Crippen LogP) is 0.252. The van der Waals surface area contributed by atoms with Crippen LogP contribution in [0.1, 0.15) is 29.5 Å². The first kappa shape index (κ1) is 43.0. The topological polar surface area (TPSA) is 205 Å². The van der Waals surface area contributed by atoms with E-state index in [-0.39, 0.29) is 89.9 Å². The van der Waals surface area contributed by atoms with Gasteiger partial charge in [-0.05, 0) is 47.5 Å². The van der Waals surface area contributed by atoms with Crippen LogP contribution in [-0.2, 0) is 45.1 Å². The van der Waals surface area contributed by atoms with Gasteiger partial charge in [0, 0.05) is 48.7 Å². The summed E-state index contributed by atoms with van der Waals surface area (Å²) in [4.78, 5) is 26.2. The van der Waals surface area contributed by atoms with Crippen LogP contribution in [0, 0.1) is 0 Å². The maximum Gasteiger partial charge on any atom is 0.252 e. The van der Waals surface area contributed by atoms with Gasteiger partial charge < -0.3 is 44.9 Å². The van der Waals surface area contributed by atoms with Gasteiger partial charge in [0.2, 0.25) is 10.0 Å². The first-order chi connectivity index (χ1) is 24.5. The van der Waals surface area contributed by atoms with Gasteiger partial charge in [0.1, 0.15) is 0 Å². The van der Waals surface area contributed by atoms with Gasteiger partial charge >= 0.3 is 0 Å². The number of nitrogens with one attached hydrogen (secondary N) is 3. The number of aliphatic hydroxyl groups excluding tert-OH is 3. The lowest BCUT2D eigenvalue weighted by molar-refractivity contribution is -0.146. The number of halogens is 2. The van der Waals surface area contributed by atoms with Crippen LogP contribution >= 0.6 is 23.2 Å². The Balaban J connectivity index is 1.27. The summed E-state index contributed by atoms with van der Waals surface area (Å²) in [6.07, 6.45) is -3.93. The Kier molecular flexibility index (Phi) is 19.0. The van der Waals surface area contributed by atoms with Gasteiger partial charge in [-0.15, -0.1) is 0 Å². The molecule has 51 heavy (non-hydrogen) atoms. The number of likely N-dealkylation sites (N-methyl/N-ethyl adjacent to an activating group) is 1. The zero-order valence-corrected chi connectivity index (χ0v) is 30.9. The van der Waals surface area contributed by atoms with Gasteiger partial charge in [-0.3, -0.25) is 14.5 Å². The van der Waals surface area contributed by atoms with E-state index in [1.54, 1.807) is 24.3 Å². The number of nitrogens with zero attached hydrogens (tertiary/aromatic N) is 1. The molecule has 15 nitrogen and oxygen atoms in total. The van der Waals surface area contributed by atoms with Crippen molar-refractivity contribution in [1.29, 1.82) is 0 Å². The van der Waals surface area contributed by atoms with E-state index in [2.05, 4.69) is 27.2 Å². The molecule has 3 rings (SSSR count). The molecule has 0 saturated carbocycles. The number of rotatable bonds is 24. The second-order valence-corrected chi connectivity index (χ2v) is 14.1. The molecule has 0 aliphatic carbocycles. The fourth-order valence-corrected chi connectivity index (χ4v) is 6.84. The molecule has 2 amide bonds. The molecule has 1 aliphatic heterocycles. The second kappa shape index (κ2) is 22.6.